The Morgan fingerprint density at radius 3 is 2.51 bits per heavy atom. The van der Waals surface area contributed by atoms with Crippen molar-refractivity contribution in [1.82, 2.24) is 4.90 Å². The summed E-state index contributed by atoms with van der Waals surface area (Å²) in [6.45, 7) is 4.20. The Labute approximate surface area is 207 Å². The minimum absolute atomic E-state index is 0.110. The largest absolute Gasteiger partial charge is 0.451 e. The molecular formula is C27H26N2O5S. The second kappa shape index (κ2) is 10.0. The van der Waals surface area contributed by atoms with Crippen LogP contribution >= 0.6 is 11.3 Å². The second-order valence-electron chi connectivity index (χ2n) is 8.32. The lowest BCUT2D eigenvalue weighted by atomic mass is 10.1. The van der Waals surface area contributed by atoms with Gasteiger partial charge in [-0.15, -0.1) is 11.3 Å². The lowest BCUT2D eigenvalue weighted by Gasteiger charge is -2.27. The second-order valence-corrected chi connectivity index (χ2v) is 9.34. The van der Waals surface area contributed by atoms with Crippen molar-refractivity contribution in [2.75, 3.05) is 38.7 Å². The minimum atomic E-state index is -0.412. The molecule has 0 saturated carbocycles. The first-order chi connectivity index (χ1) is 17.1. The summed E-state index contributed by atoms with van der Waals surface area (Å²) in [5.41, 5.74) is 3.64. The van der Waals surface area contributed by atoms with Crippen LogP contribution < -0.4 is 5.32 Å². The van der Waals surface area contributed by atoms with E-state index in [-0.39, 0.29) is 18.3 Å². The lowest BCUT2D eigenvalue weighted by molar-refractivity contribution is 0.0303. The number of rotatable bonds is 6. The van der Waals surface area contributed by atoms with Gasteiger partial charge in [0, 0.05) is 36.0 Å². The third kappa shape index (κ3) is 4.48. The van der Waals surface area contributed by atoms with Crippen LogP contribution in [-0.2, 0) is 16.1 Å². The molecule has 2 aromatic carbocycles. The number of amides is 2. The van der Waals surface area contributed by atoms with Gasteiger partial charge in [-0.05, 0) is 24.1 Å². The maximum absolute atomic E-state index is 13.6. The Kier molecular flexibility index (Phi) is 6.68. The van der Waals surface area contributed by atoms with Crippen LogP contribution in [0.15, 0.2) is 59.0 Å². The van der Waals surface area contributed by atoms with Gasteiger partial charge in [0.1, 0.15) is 10.6 Å². The van der Waals surface area contributed by atoms with Crippen molar-refractivity contribution in [2.24, 2.45) is 0 Å². The van der Waals surface area contributed by atoms with Crippen molar-refractivity contribution in [3.63, 3.8) is 0 Å². The van der Waals surface area contributed by atoms with E-state index < -0.39 is 5.91 Å². The molecule has 0 atom stereocenters. The number of anilines is 1. The van der Waals surface area contributed by atoms with Gasteiger partial charge in [-0.2, -0.15) is 0 Å². The average Bonchev–Trinajstić information content (AvgIpc) is 3.42. The van der Waals surface area contributed by atoms with Crippen LogP contribution in [0.3, 0.4) is 0 Å². The topological polar surface area (TPSA) is 81.0 Å². The molecular weight excluding hydrogens is 464 g/mol. The van der Waals surface area contributed by atoms with Crippen LogP contribution in [0.5, 0.6) is 0 Å². The fourth-order valence-electron chi connectivity index (χ4n) is 4.38. The highest BCUT2D eigenvalue weighted by atomic mass is 32.1. The number of thiophene rings is 1. The van der Waals surface area contributed by atoms with E-state index in [0.29, 0.717) is 48.0 Å². The van der Waals surface area contributed by atoms with Crippen LogP contribution in [0.25, 0.3) is 21.4 Å². The zero-order chi connectivity index (χ0) is 24.4. The molecule has 0 spiro atoms. The third-order valence-electron chi connectivity index (χ3n) is 6.12. The monoisotopic (exact) mass is 490 g/mol. The zero-order valence-corrected chi connectivity index (χ0v) is 20.4. The van der Waals surface area contributed by atoms with E-state index in [1.165, 1.54) is 11.3 Å². The number of methoxy groups -OCH3 is 1. The summed E-state index contributed by atoms with van der Waals surface area (Å²) in [6.07, 6.45) is 0. The van der Waals surface area contributed by atoms with Crippen LogP contribution in [0, 0.1) is 6.92 Å². The zero-order valence-electron chi connectivity index (χ0n) is 19.6. The number of ether oxygens (including phenoxy) is 2. The number of hydrogen-bond donors (Lipinski definition) is 1. The molecule has 2 amide bonds. The number of hydrogen-bond acceptors (Lipinski definition) is 6. The smallest absolute Gasteiger partial charge is 0.292 e. The summed E-state index contributed by atoms with van der Waals surface area (Å²) < 4.78 is 16.7. The number of furan rings is 1. The van der Waals surface area contributed by atoms with Crippen molar-refractivity contribution in [1.29, 1.82) is 0 Å². The molecule has 4 aromatic rings. The van der Waals surface area contributed by atoms with Crippen LogP contribution in [0.4, 0.5) is 5.00 Å². The van der Waals surface area contributed by atoms with E-state index in [1.54, 1.807) is 12.0 Å². The van der Waals surface area contributed by atoms with Crippen molar-refractivity contribution in [2.45, 2.75) is 13.5 Å². The van der Waals surface area contributed by atoms with Gasteiger partial charge in [-0.3, -0.25) is 9.59 Å². The first kappa shape index (κ1) is 23.3. The standard InChI is InChI=1S/C27H26N2O5S/c1-17-22(27(31)29-12-14-33-15-13-29)26(35-24(17)18-8-4-3-5-9-18)28-25(30)23-20(16-32-2)19-10-6-7-11-21(19)34-23/h3-11H,12-16H2,1-2H3,(H,28,30). The van der Waals surface area contributed by atoms with Gasteiger partial charge in [0.05, 0.1) is 25.4 Å². The molecule has 1 aliphatic rings. The molecule has 2 aromatic heterocycles. The Morgan fingerprint density at radius 1 is 1.06 bits per heavy atom. The number of nitrogens with zero attached hydrogens (tertiary/aromatic N) is 1. The maximum Gasteiger partial charge on any atom is 0.292 e. The number of para-hydroxylation sites is 1. The van der Waals surface area contributed by atoms with Gasteiger partial charge in [0.2, 0.25) is 0 Å². The van der Waals surface area contributed by atoms with E-state index in [0.717, 1.165) is 21.4 Å². The molecule has 0 unspecified atom stereocenters. The van der Waals surface area contributed by atoms with Gasteiger partial charge < -0.3 is 24.1 Å². The summed E-state index contributed by atoms with van der Waals surface area (Å²) >= 11 is 1.40. The molecule has 8 heteroatoms. The van der Waals surface area contributed by atoms with Gasteiger partial charge in [0.15, 0.2) is 5.76 Å². The molecule has 1 saturated heterocycles. The normalized spacial score (nSPS) is 13.8. The maximum atomic E-state index is 13.6. The molecule has 0 aliphatic carbocycles. The molecule has 7 nitrogen and oxygen atoms in total. The summed E-state index contributed by atoms with van der Waals surface area (Å²) in [7, 11) is 1.58. The summed E-state index contributed by atoms with van der Waals surface area (Å²) in [6, 6.07) is 17.4. The number of morpholine rings is 1. The SMILES string of the molecule is COCc1c(C(=O)Nc2sc(-c3ccccc3)c(C)c2C(=O)N2CCOCC2)oc2ccccc12. The average molecular weight is 491 g/mol. The summed E-state index contributed by atoms with van der Waals surface area (Å²) in [5, 5.41) is 4.33. The van der Waals surface area contributed by atoms with E-state index >= 15 is 0 Å². The van der Waals surface area contributed by atoms with E-state index in [9.17, 15) is 9.59 Å². The van der Waals surface area contributed by atoms with Crippen LogP contribution in [0.1, 0.15) is 32.0 Å². The predicted octanol–water partition coefficient (Wildman–Crippen LogP) is 5.34. The van der Waals surface area contributed by atoms with Crippen molar-refractivity contribution < 1.29 is 23.5 Å². The highest BCUT2D eigenvalue weighted by Crippen LogP contribution is 2.41. The van der Waals surface area contributed by atoms with E-state index in [2.05, 4.69) is 5.32 Å². The molecule has 1 fully saturated rings. The number of nitrogens with one attached hydrogen (secondary N) is 1. The molecule has 1 aliphatic heterocycles. The third-order valence-corrected chi connectivity index (χ3v) is 7.37. The molecule has 1 N–H and O–H groups in total. The number of fused-ring (bicyclic) bond motifs is 1. The van der Waals surface area contributed by atoms with Crippen molar-refractivity contribution in [3.8, 4) is 10.4 Å². The highest BCUT2D eigenvalue weighted by Gasteiger charge is 2.29. The fourth-order valence-corrected chi connectivity index (χ4v) is 5.58. The molecule has 0 bridgehead atoms. The fraction of sp³-hybridized carbons (Fsp3) is 0.259. The number of carbonyl (C=O) groups is 2. The molecule has 35 heavy (non-hydrogen) atoms. The van der Waals surface area contributed by atoms with E-state index in [1.807, 2.05) is 61.5 Å². The Morgan fingerprint density at radius 2 is 1.77 bits per heavy atom. The quantitative estimate of drug-likeness (QED) is 0.395. The van der Waals surface area contributed by atoms with Gasteiger partial charge in [0.25, 0.3) is 11.8 Å². The number of carbonyl (C=O) groups excluding carboxylic acids is 2. The van der Waals surface area contributed by atoms with Crippen molar-refractivity contribution in [3.05, 3.63) is 77.0 Å². The summed E-state index contributed by atoms with van der Waals surface area (Å²) in [5.74, 6) is -0.337. The first-order valence-corrected chi connectivity index (χ1v) is 12.3. The molecule has 3 heterocycles. The van der Waals surface area contributed by atoms with Gasteiger partial charge in [-0.25, -0.2) is 0 Å². The van der Waals surface area contributed by atoms with Crippen molar-refractivity contribution >= 4 is 39.1 Å². The Hall–Kier alpha value is -3.46. The number of benzene rings is 2. The summed E-state index contributed by atoms with van der Waals surface area (Å²) in [4.78, 5) is 29.8. The molecule has 180 valence electrons. The Balaban J connectivity index is 1.56. The minimum Gasteiger partial charge on any atom is -0.451 e. The highest BCUT2D eigenvalue weighted by molar-refractivity contribution is 7.20. The van der Waals surface area contributed by atoms with E-state index in [4.69, 9.17) is 13.9 Å². The first-order valence-electron chi connectivity index (χ1n) is 11.4. The molecule has 0 radical (unpaired) electrons. The molecule has 5 rings (SSSR count). The van der Waals surface area contributed by atoms with Gasteiger partial charge >= 0.3 is 0 Å². The Bertz CT molecular complexity index is 1370. The van der Waals surface area contributed by atoms with Crippen LogP contribution in [-0.4, -0.2) is 50.1 Å². The lowest BCUT2D eigenvalue weighted by Crippen LogP contribution is -2.41. The van der Waals surface area contributed by atoms with Gasteiger partial charge in [-0.1, -0.05) is 48.5 Å². The predicted molar refractivity (Wildman–Crippen MR) is 136 cm³/mol. The van der Waals surface area contributed by atoms with Crippen LogP contribution in [0.2, 0.25) is 0 Å².